The van der Waals surface area contributed by atoms with E-state index in [0.29, 0.717) is 19.4 Å². The molecule has 220 valence electrons. The number of ether oxygens (including phenoxy) is 8. The molecule has 2 aliphatic carbocycles. The Morgan fingerprint density at radius 3 is 2.54 bits per heavy atom. The summed E-state index contributed by atoms with van der Waals surface area (Å²) in [5.74, 6) is -2.01. The molecule has 4 bridgehead atoms. The van der Waals surface area contributed by atoms with Crippen LogP contribution >= 0.6 is 0 Å². The number of aliphatic hydroxyl groups is 1. The van der Waals surface area contributed by atoms with Gasteiger partial charge in [0.05, 0.1) is 36.4 Å². The van der Waals surface area contributed by atoms with E-state index >= 15 is 0 Å². The summed E-state index contributed by atoms with van der Waals surface area (Å²) in [7, 11) is 0. The predicted octanol–water partition coefficient (Wildman–Crippen LogP) is 0.0345. The van der Waals surface area contributed by atoms with Crippen LogP contribution in [-0.4, -0.2) is 108 Å². The van der Waals surface area contributed by atoms with Gasteiger partial charge in [-0.1, -0.05) is 19.1 Å². The minimum atomic E-state index is -1.63. The molecule has 0 radical (unpaired) electrons. The number of epoxide rings is 3. The molecule has 9 aliphatic rings. The summed E-state index contributed by atoms with van der Waals surface area (Å²) in [4.78, 5) is 39.4. The molecule has 7 heterocycles. The number of hydrogen-bond donors (Lipinski definition) is 1. The third kappa shape index (κ3) is 2.76. The van der Waals surface area contributed by atoms with Crippen LogP contribution in [0, 0.1) is 10.8 Å². The van der Waals surface area contributed by atoms with Gasteiger partial charge in [0.15, 0.2) is 23.9 Å². The number of carbonyl (C=O) groups is 3. The van der Waals surface area contributed by atoms with Gasteiger partial charge in [-0.05, 0) is 25.8 Å². The van der Waals surface area contributed by atoms with Gasteiger partial charge in [-0.25, -0.2) is 14.4 Å². The highest BCUT2D eigenvalue weighted by atomic mass is 16.7. The van der Waals surface area contributed by atoms with Gasteiger partial charge in [0, 0.05) is 24.3 Å². The Morgan fingerprint density at radius 1 is 0.902 bits per heavy atom. The summed E-state index contributed by atoms with van der Waals surface area (Å²) in [6.45, 7) is 4.74. The molecule has 0 amide bonds. The monoisotopic (exact) mass is 572 g/mol. The molecule has 7 aliphatic heterocycles. The average Bonchev–Trinajstić information content (AvgIpc) is 3.86. The zero-order valence-electron chi connectivity index (χ0n) is 22.7. The molecule has 0 aromatic rings. The van der Waals surface area contributed by atoms with Crippen molar-refractivity contribution in [3.05, 3.63) is 24.3 Å². The lowest BCUT2D eigenvalue weighted by Crippen LogP contribution is -2.69. The molecule has 8 fully saturated rings. The number of fused-ring (bicyclic) bond motifs is 2. The third-order valence-electron chi connectivity index (χ3n) is 12.1. The number of rotatable bonds is 0. The largest absolute Gasteiger partial charge is 0.463 e. The Bertz CT molecular complexity index is 1340. The van der Waals surface area contributed by atoms with E-state index in [0.717, 1.165) is 6.42 Å². The lowest BCUT2D eigenvalue weighted by atomic mass is 9.50. The van der Waals surface area contributed by atoms with E-state index in [4.69, 9.17) is 37.9 Å². The Labute approximate surface area is 235 Å². The number of allylic oxidation sites excluding steroid dienone is 2. The van der Waals surface area contributed by atoms with E-state index in [1.807, 2.05) is 0 Å². The normalized spacial score (nSPS) is 60.9. The van der Waals surface area contributed by atoms with E-state index in [1.165, 1.54) is 24.3 Å². The maximum absolute atomic E-state index is 13.7. The van der Waals surface area contributed by atoms with Gasteiger partial charge in [0.2, 0.25) is 0 Å². The van der Waals surface area contributed by atoms with Crippen molar-refractivity contribution in [2.45, 2.75) is 105 Å². The van der Waals surface area contributed by atoms with Crippen molar-refractivity contribution in [3.63, 3.8) is 0 Å². The number of hydrogen-bond acceptors (Lipinski definition) is 12. The molecule has 0 aromatic heterocycles. The van der Waals surface area contributed by atoms with Gasteiger partial charge in [0.1, 0.15) is 30.0 Å². The smallest absolute Gasteiger partial charge is 0.339 e. The van der Waals surface area contributed by atoms with E-state index < -0.39 is 70.0 Å². The molecular formula is C29H32O12. The summed E-state index contributed by atoms with van der Waals surface area (Å²) in [6, 6.07) is 0. The topological polar surface area (TPSA) is 155 Å². The molecule has 1 N–H and O–H groups in total. The number of esters is 3. The van der Waals surface area contributed by atoms with Crippen LogP contribution in [0.15, 0.2) is 24.3 Å². The lowest BCUT2D eigenvalue weighted by molar-refractivity contribution is -0.251. The molecular weight excluding hydrogens is 540 g/mol. The fourth-order valence-corrected chi connectivity index (χ4v) is 9.44. The summed E-state index contributed by atoms with van der Waals surface area (Å²) >= 11 is 0. The van der Waals surface area contributed by atoms with E-state index in [1.54, 1.807) is 0 Å². The van der Waals surface area contributed by atoms with Crippen molar-refractivity contribution >= 4 is 17.9 Å². The maximum Gasteiger partial charge on any atom is 0.339 e. The van der Waals surface area contributed by atoms with Crippen LogP contribution in [0.2, 0.25) is 0 Å². The van der Waals surface area contributed by atoms with Gasteiger partial charge in [-0.3, -0.25) is 0 Å². The lowest BCUT2D eigenvalue weighted by Gasteiger charge is -2.58. The Hall–Kier alpha value is -2.35. The van der Waals surface area contributed by atoms with Gasteiger partial charge >= 0.3 is 17.9 Å². The highest BCUT2D eigenvalue weighted by molar-refractivity contribution is 5.84. The van der Waals surface area contributed by atoms with Crippen LogP contribution in [0.1, 0.15) is 39.5 Å². The minimum Gasteiger partial charge on any atom is -0.463 e. The van der Waals surface area contributed by atoms with Crippen molar-refractivity contribution in [2.75, 3.05) is 19.8 Å². The quantitative estimate of drug-likeness (QED) is 0.237. The van der Waals surface area contributed by atoms with Crippen molar-refractivity contribution in [1.29, 1.82) is 0 Å². The first-order valence-corrected chi connectivity index (χ1v) is 14.5. The molecule has 12 nitrogen and oxygen atoms in total. The van der Waals surface area contributed by atoms with Crippen molar-refractivity contribution in [2.24, 2.45) is 10.8 Å². The van der Waals surface area contributed by atoms with Gasteiger partial charge < -0.3 is 43.0 Å². The Balaban J connectivity index is 1.14. The zero-order valence-corrected chi connectivity index (χ0v) is 22.7. The standard InChI is InChI=1S/C29H32O12/c1-24-7-8-26-12-34-22(33)20-28(41-20)9-10-35-27(17(31)21(32)39-23(27)28)6-4-3-5-16(30)37-14-11-15(38-19(26)18(24)40-24)29(13-36-29)25(14,26)2/h3-6,14-15,17-20,23,31H,7-13H2,1-2H3/b5-3-,6-4-/t14-,15-,17+,18?,19-,20?,23+,24?,25-,26-,27-,28?,29+/m1/s1. The van der Waals surface area contributed by atoms with E-state index in [9.17, 15) is 19.5 Å². The fraction of sp³-hybridized carbons (Fsp3) is 0.759. The zero-order chi connectivity index (χ0) is 28.2. The second kappa shape index (κ2) is 7.40. The molecule has 6 saturated heterocycles. The van der Waals surface area contributed by atoms with Crippen LogP contribution in [-0.2, 0) is 52.3 Å². The van der Waals surface area contributed by atoms with E-state index in [-0.39, 0.29) is 43.5 Å². The van der Waals surface area contributed by atoms with Gasteiger partial charge in [0.25, 0.3) is 0 Å². The first-order valence-electron chi connectivity index (χ1n) is 14.5. The minimum absolute atomic E-state index is 0.00474. The van der Waals surface area contributed by atoms with Gasteiger partial charge in [-0.2, -0.15) is 0 Å². The highest BCUT2D eigenvalue weighted by Gasteiger charge is 2.87. The second-order valence-electron chi connectivity index (χ2n) is 13.5. The first-order chi connectivity index (χ1) is 19.6. The fourth-order valence-electron chi connectivity index (χ4n) is 9.44. The van der Waals surface area contributed by atoms with Crippen LogP contribution in [0.5, 0.6) is 0 Å². The highest BCUT2D eigenvalue weighted by Crippen LogP contribution is 2.75. The summed E-state index contributed by atoms with van der Waals surface area (Å²) < 4.78 is 48.8. The second-order valence-corrected chi connectivity index (χ2v) is 13.5. The molecule has 9 rings (SSSR count). The van der Waals surface area contributed by atoms with Crippen LogP contribution in [0.25, 0.3) is 0 Å². The molecule has 0 aromatic carbocycles. The van der Waals surface area contributed by atoms with Crippen molar-refractivity contribution < 1.29 is 57.4 Å². The van der Waals surface area contributed by atoms with Crippen LogP contribution < -0.4 is 0 Å². The SMILES string of the molecule is CC12CC[C@@]34COC(=O)C5OC56CCO[C@@]5(/C=C\C=C/C(=O)O[C@@H]7C[C@@H](O[C@@H]3C1O2)[C@@]1(CO1)[C@]74C)[C@@H]6OC(=O)[C@@H]5O. The molecule has 3 spiro atoms. The van der Waals surface area contributed by atoms with Crippen molar-refractivity contribution in [3.8, 4) is 0 Å². The number of carbonyl (C=O) groups excluding carboxylic acids is 3. The summed E-state index contributed by atoms with van der Waals surface area (Å²) in [6.07, 6.45) is 2.77. The molecule has 4 unspecified atom stereocenters. The summed E-state index contributed by atoms with van der Waals surface area (Å²) in [5.41, 5.74) is -5.19. The van der Waals surface area contributed by atoms with Crippen LogP contribution in [0.4, 0.5) is 0 Å². The Kier molecular flexibility index (Phi) is 4.55. The van der Waals surface area contributed by atoms with E-state index in [2.05, 4.69) is 13.8 Å². The summed E-state index contributed by atoms with van der Waals surface area (Å²) in [5, 5.41) is 10.8. The average molecular weight is 573 g/mol. The number of aliphatic hydroxyl groups excluding tert-OH is 1. The van der Waals surface area contributed by atoms with Crippen LogP contribution in [0.3, 0.4) is 0 Å². The third-order valence-corrected chi connectivity index (χ3v) is 12.1. The number of cyclic esters (lactones) is 1. The van der Waals surface area contributed by atoms with Gasteiger partial charge in [-0.15, -0.1) is 0 Å². The first kappa shape index (κ1) is 25.2. The molecule has 12 heteroatoms. The molecule has 13 atom stereocenters. The molecule has 41 heavy (non-hydrogen) atoms. The maximum atomic E-state index is 13.7. The molecule has 2 saturated carbocycles. The Morgan fingerprint density at radius 2 is 1.73 bits per heavy atom. The predicted molar refractivity (Wildman–Crippen MR) is 131 cm³/mol. The van der Waals surface area contributed by atoms with Crippen molar-refractivity contribution in [1.82, 2.24) is 0 Å².